The van der Waals surface area contributed by atoms with Crippen LogP contribution in [-0.4, -0.2) is 22.6 Å². The monoisotopic (exact) mass is 916 g/mol. The van der Waals surface area contributed by atoms with Gasteiger partial charge in [-0.25, -0.2) is 15.2 Å². The number of terminal acetylenes is 2. The Hall–Kier alpha value is -13.2. The van der Waals surface area contributed by atoms with Crippen LogP contribution < -0.4 is 25.6 Å². The average Bonchev–Trinajstić information content (AvgIpc) is 3.36. The molecule has 0 saturated heterocycles. The molecule has 0 aliphatic heterocycles. The van der Waals surface area contributed by atoms with E-state index in [1.165, 1.54) is 18.3 Å². The summed E-state index contributed by atoms with van der Waals surface area (Å²) < 4.78 is 16.5. The van der Waals surface area contributed by atoms with E-state index in [4.69, 9.17) is 27.1 Å². The van der Waals surface area contributed by atoms with Crippen LogP contribution >= 0.6 is 0 Å². The minimum Gasteiger partial charge on any atom is -0.443 e. The first-order chi connectivity index (χ1) is 35.1. The van der Waals surface area contributed by atoms with Crippen molar-refractivity contribution in [3.8, 4) is 273 Å². The molecule has 1 aromatic carbocycles. The summed E-state index contributed by atoms with van der Waals surface area (Å²) in [6.45, 7) is 7.02. The lowest BCUT2D eigenvalue weighted by Gasteiger charge is -2.19. The van der Waals surface area contributed by atoms with Gasteiger partial charge in [-0.3, -0.25) is 10.2 Å². The third kappa shape index (κ3) is 29.2. The van der Waals surface area contributed by atoms with Crippen molar-refractivity contribution in [2.75, 3.05) is 5.43 Å². The molecule has 2 aromatic rings. The van der Waals surface area contributed by atoms with Gasteiger partial charge in [0.1, 0.15) is 23.6 Å². The highest BCUT2D eigenvalue weighted by Gasteiger charge is 2.16. The molecule has 3 N–H and O–H groups in total. The van der Waals surface area contributed by atoms with Crippen molar-refractivity contribution in [1.82, 2.24) is 15.7 Å². The van der Waals surface area contributed by atoms with Crippen molar-refractivity contribution in [2.24, 2.45) is 0 Å². The second-order valence-corrected chi connectivity index (χ2v) is 12.6. The highest BCUT2D eigenvalue weighted by Crippen LogP contribution is 2.32. The van der Waals surface area contributed by atoms with Crippen LogP contribution in [0.1, 0.15) is 42.3 Å². The van der Waals surface area contributed by atoms with E-state index in [2.05, 4.69) is 270 Å². The summed E-state index contributed by atoms with van der Waals surface area (Å²) in [6.07, 6.45) is 15.6. The summed E-state index contributed by atoms with van der Waals surface area (Å²) in [7, 11) is 0. The van der Waals surface area contributed by atoms with Crippen LogP contribution in [0.2, 0.25) is 0 Å². The van der Waals surface area contributed by atoms with Crippen LogP contribution in [0.4, 0.5) is 10.6 Å². The number of aryl methyl sites for hydroxylation is 1. The van der Waals surface area contributed by atoms with E-state index in [-0.39, 0.29) is 29.4 Å². The summed E-state index contributed by atoms with van der Waals surface area (Å²) in [6, 6.07) is 6.40. The number of carbonyl (C=O) groups is 2. The Morgan fingerprint density at radius 2 is 0.903 bits per heavy atom. The maximum absolute atomic E-state index is 13.0. The lowest BCUT2D eigenvalue weighted by molar-refractivity contribution is 0.0540. The van der Waals surface area contributed by atoms with Gasteiger partial charge in [0.2, 0.25) is 0 Å². The summed E-state index contributed by atoms with van der Waals surface area (Å²) in [5.74, 6) is 98.9. The average molecular weight is 917 g/mol. The quantitative estimate of drug-likeness (QED) is 0.290. The molecule has 1 heterocycles. The lowest BCUT2D eigenvalue weighted by Crippen LogP contribution is -2.36. The number of carbonyl (C=O) groups excluding carboxylic acids is 2. The number of hydrogen-bond donors (Lipinski definition) is 3. The molecule has 2 amide bonds. The molecule has 9 nitrogen and oxygen atoms in total. The lowest BCUT2D eigenvalue weighted by atomic mass is 10.1. The second-order valence-electron chi connectivity index (χ2n) is 12.6. The van der Waals surface area contributed by atoms with Crippen molar-refractivity contribution >= 4 is 17.8 Å². The highest BCUT2D eigenvalue weighted by atomic mass is 16.6. The van der Waals surface area contributed by atoms with Crippen LogP contribution in [0.15, 0.2) is 30.5 Å². The molecular formula is C63H24N4O5. The molecule has 0 radical (unpaired) electrons. The molecular weight excluding hydrogens is 893 g/mol. The van der Waals surface area contributed by atoms with Gasteiger partial charge in [-0.15, -0.1) is 12.8 Å². The zero-order valence-corrected chi connectivity index (χ0v) is 38.2. The summed E-state index contributed by atoms with van der Waals surface area (Å²) in [5, 5.41) is 2.82. The van der Waals surface area contributed by atoms with E-state index in [1.54, 1.807) is 39.8 Å². The van der Waals surface area contributed by atoms with E-state index >= 15 is 0 Å². The first kappa shape index (κ1) is 55.0. The second kappa shape index (κ2) is 36.2. The molecule has 0 aliphatic rings. The predicted molar refractivity (Wildman–Crippen MR) is 274 cm³/mol. The molecule has 1 aromatic heterocycles. The number of pyridine rings is 1. The Morgan fingerprint density at radius 1 is 0.528 bits per heavy atom. The number of nitrogens with one attached hydrogen (secondary N) is 3. The summed E-state index contributed by atoms with van der Waals surface area (Å²) in [5.41, 5.74) is 5.78. The number of amides is 2. The summed E-state index contributed by atoms with van der Waals surface area (Å²) in [4.78, 5) is 29.1. The number of aromatic nitrogens is 1. The van der Waals surface area contributed by atoms with Crippen LogP contribution in [-0.2, 0) is 11.3 Å². The third-order valence-electron chi connectivity index (χ3n) is 6.28. The zero-order chi connectivity index (χ0) is 52.0. The van der Waals surface area contributed by atoms with Gasteiger partial charge >= 0.3 is 6.09 Å². The number of hydrogen-bond acceptors (Lipinski definition) is 7. The first-order valence-corrected chi connectivity index (χ1v) is 19.5. The SMILES string of the molecule is C#CC#CC#CC#CC#CC#CC#CC#CC#CC#CC#COc1cc(CNC(=O)c2ccc(NNC(=O)OC(C)(C)C)nc2)cc(C)c1OC#CC#CC#CC#CC#CC#CC#CC#CC#CC#CC#C. The van der Waals surface area contributed by atoms with Crippen LogP contribution in [0.5, 0.6) is 11.5 Å². The van der Waals surface area contributed by atoms with E-state index in [9.17, 15) is 9.59 Å². The van der Waals surface area contributed by atoms with Gasteiger partial charge in [0.15, 0.2) is 11.5 Å². The highest BCUT2D eigenvalue weighted by molar-refractivity contribution is 5.94. The Kier molecular flexibility index (Phi) is 27.6. The van der Waals surface area contributed by atoms with E-state index in [1.807, 2.05) is 0 Å². The number of rotatable bonds is 7. The van der Waals surface area contributed by atoms with Gasteiger partial charge in [0.05, 0.1) is 5.56 Å². The minimum absolute atomic E-state index is 0.0764. The van der Waals surface area contributed by atoms with Crippen molar-refractivity contribution in [3.05, 3.63) is 47.2 Å². The van der Waals surface area contributed by atoms with Crippen LogP contribution in [0.25, 0.3) is 0 Å². The fourth-order valence-corrected chi connectivity index (χ4v) is 3.77. The van der Waals surface area contributed by atoms with Gasteiger partial charge in [0.25, 0.3) is 5.91 Å². The Bertz CT molecular complexity index is 3970. The van der Waals surface area contributed by atoms with E-state index in [0.717, 1.165) is 0 Å². The van der Waals surface area contributed by atoms with Crippen molar-refractivity contribution in [3.63, 3.8) is 0 Å². The molecule has 0 atom stereocenters. The third-order valence-corrected chi connectivity index (χ3v) is 6.28. The largest absolute Gasteiger partial charge is 0.443 e. The summed E-state index contributed by atoms with van der Waals surface area (Å²) >= 11 is 0. The molecule has 0 fully saturated rings. The number of anilines is 1. The minimum atomic E-state index is -0.694. The Morgan fingerprint density at radius 3 is 1.26 bits per heavy atom. The molecule has 0 aliphatic carbocycles. The number of benzene rings is 1. The number of ether oxygens (including phenoxy) is 3. The van der Waals surface area contributed by atoms with Gasteiger partial charge < -0.3 is 19.5 Å². The molecule has 0 unspecified atom stereocenters. The van der Waals surface area contributed by atoms with Crippen LogP contribution in [0.3, 0.4) is 0 Å². The number of hydrazine groups is 1. The fraction of sp³-hybridized carbons (Fsp3) is 0.0952. The fourth-order valence-electron chi connectivity index (χ4n) is 3.77. The molecule has 326 valence electrons. The molecule has 72 heavy (non-hydrogen) atoms. The molecule has 9 heteroatoms. The van der Waals surface area contributed by atoms with E-state index < -0.39 is 17.6 Å². The molecule has 0 bridgehead atoms. The van der Waals surface area contributed by atoms with Crippen molar-refractivity contribution < 1.29 is 23.8 Å². The Labute approximate surface area is 421 Å². The van der Waals surface area contributed by atoms with Gasteiger partial charge in [-0.1, -0.05) is 6.07 Å². The molecule has 0 spiro atoms. The maximum atomic E-state index is 13.0. The smallest absolute Gasteiger partial charge is 0.426 e. The van der Waals surface area contributed by atoms with Crippen LogP contribution in [0, 0.1) is 269 Å². The molecule has 2 rings (SSSR count). The predicted octanol–water partition coefficient (Wildman–Crippen LogP) is 3.18. The van der Waals surface area contributed by atoms with Gasteiger partial charge in [-0.05, 0) is 152 Å². The normalized spacial score (nSPS) is 6.75. The van der Waals surface area contributed by atoms with Gasteiger partial charge in [-0.2, -0.15) is 0 Å². The zero-order valence-electron chi connectivity index (χ0n) is 38.2. The first-order valence-electron chi connectivity index (χ1n) is 19.5. The standard InChI is InChI=1S/C63H24N4O5/c1-7-9-11-13-15-17-19-21-23-25-27-29-31-33-35-37-39-41-43-45-49-70-58-52-56(53-65-61(68)57-47-48-59(64-54-57)66-67-62(69)72-63(4,5)6)51-55(3)60(58)71-50-46-44-42-40-38-36-34-32-30-28-26-24-22-20-18-16-14-12-10-8-2/h1-2,47-48,51-52,54H,53H2,3-6H3,(H,64,66)(H,65,68)(H,67,69). The van der Waals surface area contributed by atoms with Crippen molar-refractivity contribution in [1.29, 1.82) is 0 Å². The van der Waals surface area contributed by atoms with Crippen molar-refractivity contribution in [2.45, 2.75) is 39.8 Å². The van der Waals surface area contributed by atoms with E-state index in [0.29, 0.717) is 11.1 Å². The van der Waals surface area contributed by atoms with Gasteiger partial charge in [0, 0.05) is 155 Å². The number of nitrogens with zero attached hydrogens (tertiary/aromatic N) is 1. The maximum Gasteiger partial charge on any atom is 0.426 e. The topological polar surface area (TPSA) is 111 Å². The molecule has 0 saturated carbocycles. The Balaban J connectivity index is 2.17.